The fourth-order valence-electron chi connectivity index (χ4n) is 3.07. The molecule has 1 heterocycles. The van der Waals surface area contributed by atoms with Crippen molar-refractivity contribution in [2.24, 2.45) is 5.92 Å². The van der Waals surface area contributed by atoms with Gasteiger partial charge in [0.25, 0.3) is 5.91 Å². The normalized spacial score (nSPS) is 16.3. The minimum absolute atomic E-state index is 0.113. The van der Waals surface area contributed by atoms with Gasteiger partial charge in [-0.2, -0.15) is 0 Å². The minimum Gasteiger partial charge on any atom is -0.497 e. The largest absolute Gasteiger partial charge is 0.497 e. The number of carbonyl (C=O) groups is 3. The Hall–Kier alpha value is -3.81. The second-order valence-corrected chi connectivity index (χ2v) is 6.40. The lowest BCUT2D eigenvalue weighted by atomic mass is 9.99. The minimum atomic E-state index is -1.29. The molecule has 2 aromatic rings. The number of anilines is 2. The van der Waals surface area contributed by atoms with Gasteiger partial charge >= 0.3 is 6.03 Å². The quantitative estimate of drug-likeness (QED) is 0.730. The molecular formula is C21H21N3O5. The van der Waals surface area contributed by atoms with E-state index in [0.717, 1.165) is 10.5 Å². The molecule has 3 rings (SSSR count). The summed E-state index contributed by atoms with van der Waals surface area (Å²) in [6.07, 6.45) is 0. The fourth-order valence-corrected chi connectivity index (χ4v) is 3.07. The third kappa shape index (κ3) is 3.77. The van der Waals surface area contributed by atoms with Crippen LogP contribution in [0.15, 0.2) is 54.7 Å². The Labute approximate surface area is 168 Å². The molecule has 1 saturated heterocycles. The molecule has 0 spiro atoms. The first-order chi connectivity index (χ1) is 13.9. The molecule has 150 valence electrons. The number of amides is 4. The van der Waals surface area contributed by atoms with E-state index in [1.165, 1.54) is 14.2 Å². The van der Waals surface area contributed by atoms with E-state index in [-0.39, 0.29) is 5.70 Å². The zero-order valence-electron chi connectivity index (χ0n) is 16.3. The van der Waals surface area contributed by atoms with Crippen molar-refractivity contribution < 1.29 is 23.9 Å². The zero-order chi connectivity index (χ0) is 21.1. The monoisotopic (exact) mass is 395 g/mol. The van der Waals surface area contributed by atoms with Crippen molar-refractivity contribution in [3.8, 4) is 11.5 Å². The predicted molar refractivity (Wildman–Crippen MR) is 108 cm³/mol. The van der Waals surface area contributed by atoms with Crippen molar-refractivity contribution in [1.82, 2.24) is 5.32 Å². The van der Waals surface area contributed by atoms with Crippen LogP contribution in [-0.2, 0) is 9.59 Å². The smallest absolute Gasteiger partial charge is 0.335 e. The van der Waals surface area contributed by atoms with Crippen LogP contribution in [0, 0.1) is 12.8 Å². The standard InChI is InChI=1S/C21H21N3O5/c1-12-7-5-6-8-16(12)24-20(26)18(19(25)23-21(24)27)13(2)22-15-10-9-14(28-3)11-17(15)29-4/h5-11,18,22H,2H2,1,3-4H3,(H,23,25,27)/t18-/m1/s1. The second-order valence-electron chi connectivity index (χ2n) is 6.40. The van der Waals surface area contributed by atoms with Crippen molar-refractivity contribution in [1.29, 1.82) is 0 Å². The fraction of sp³-hybridized carbons (Fsp3) is 0.190. The summed E-state index contributed by atoms with van der Waals surface area (Å²) in [4.78, 5) is 38.8. The van der Waals surface area contributed by atoms with Gasteiger partial charge in [-0.25, -0.2) is 9.69 Å². The Balaban J connectivity index is 1.90. The summed E-state index contributed by atoms with van der Waals surface area (Å²) in [5.41, 5.74) is 1.74. The summed E-state index contributed by atoms with van der Waals surface area (Å²) in [7, 11) is 3.02. The van der Waals surface area contributed by atoms with Crippen LogP contribution < -0.4 is 25.0 Å². The Morgan fingerprint density at radius 2 is 1.83 bits per heavy atom. The molecule has 0 aliphatic carbocycles. The molecule has 0 bridgehead atoms. The number of hydrogen-bond donors (Lipinski definition) is 2. The maximum atomic E-state index is 13.1. The van der Waals surface area contributed by atoms with Gasteiger partial charge in [-0.15, -0.1) is 0 Å². The maximum Gasteiger partial charge on any atom is 0.335 e. The average molecular weight is 395 g/mol. The van der Waals surface area contributed by atoms with Crippen molar-refractivity contribution in [2.45, 2.75) is 6.92 Å². The summed E-state index contributed by atoms with van der Waals surface area (Å²) in [6.45, 7) is 5.62. The molecule has 4 amide bonds. The summed E-state index contributed by atoms with van der Waals surface area (Å²) in [5, 5.41) is 5.17. The van der Waals surface area contributed by atoms with E-state index in [2.05, 4.69) is 17.2 Å². The number of aryl methyl sites for hydroxylation is 1. The van der Waals surface area contributed by atoms with Gasteiger partial charge in [0, 0.05) is 11.8 Å². The number of imide groups is 2. The molecule has 0 unspecified atom stereocenters. The number of methoxy groups -OCH3 is 2. The lowest BCUT2D eigenvalue weighted by molar-refractivity contribution is -0.132. The molecule has 8 nitrogen and oxygen atoms in total. The number of para-hydroxylation sites is 1. The molecule has 2 aromatic carbocycles. The Morgan fingerprint density at radius 1 is 1.10 bits per heavy atom. The van der Waals surface area contributed by atoms with Gasteiger partial charge in [0.15, 0.2) is 5.92 Å². The van der Waals surface area contributed by atoms with Gasteiger partial charge in [-0.05, 0) is 30.7 Å². The first kappa shape index (κ1) is 19.9. The van der Waals surface area contributed by atoms with Gasteiger partial charge in [0.2, 0.25) is 5.91 Å². The Bertz CT molecular complexity index is 1000. The third-order valence-corrected chi connectivity index (χ3v) is 4.57. The highest BCUT2D eigenvalue weighted by Gasteiger charge is 2.43. The summed E-state index contributed by atoms with van der Waals surface area (Å²) >= 11 is 0. The predicted octanol–water partition coefficient (Wildman–Crippen LogP) is 2.84. The molecule has 2 N–H and O–H groups in total. The lowest BCUT2D eigenvalue weighted by Crippen LogP contribution is -2.59. The van der Waals surface area contributed by atoms with Gasteiger partial charge < -0.3 is 14.8 Å². The molecule has 1 fully saturated rings. The number of hydrogen-bond acceptors (Lipinski definition) is 6. The molecule has 1 aliphatic rings. The van der Waals surface area contributed by atoms with Crippen molar-refractivity contribution in [3.05, 3.63) is 60.3 Å². The number of benzene rings is 2. The van der Waals surface area contributed by atoms with Gasteiger partial charge in [-0.3, -0.25) is 14.9 Å². The van der Waals surface area contributed by atoms with Crippen LogP contribution in [0.25, 0.3) is 0 Å². The number of nitrogens with one attached hydrogen (secondary N) is 2. The Morgan fingerprint density at radius 3 is 2.48 bits per heavy atom. The first-order valence-electron chi connectivity index (χ1n) is 8.79. The van der Waals surface area contributed by atoms with Crippen LogP contribution in [0.3, 0.4) is 0 Å². The number of rotatable bonds is 6. The van der Waals surface area contributed by atoms with Crippen molar-refractivity contribution >= 4 is 29.2 Å². The summed E-state index contributed by atoms with van der Waals surface area (Å²) < 4.78 is 10.5. The number of ether oxygens (including phenoxy) is 2. The summed E-state index contributed by atoms with van der Waals surface area (Å²) in [6, 6.07) is 11.2. The molecule has 1 atom stereocenters. The van der Waals surface area contributed by atoms with Crippen LogP contribution in [0.5, 0.6) is 11.5 Å². The van der Waals surface area contributed by atoms with Crippen LogP contribution >= 0.6 is 0 Å². The highest BCUT2D eigenvalue weighted by molar-refractivity contribution is 6.29. The highest BCUT2D eigenvalue weighted by Crippen LogP contribution is 2.32. The molecule has 0 saturated carbocycles. The number of carbonyl (C=O) groups excluding carboxylic acids is 3. The maximum absolute atomic E-state index is 13.1. The number of barbiturate groups is 1. The molecule has 8 heteroatoms. The molecular weight excluding hydrogens is 374 g/mol. The molecule has 1 aliphatic heterocycles. The van der Waals surface area contributed by atoms with Crippen molar-refractivity contribution in [2.75, 3.05) is 24.4 Å². The van der Waals surface area contributed by atoms with Gasteiger partial charge in [0.1, 0.15) is 11.5 Å². The molecule has 0 radical (unpaired) electrons. The van der Waals surface area contributed by atoms with Crippen LogP contribution in [0.4, 0.5) is 16.2 Å². The van der Waals surface area contributed by atoms with E-state index in [4.69, 9.17) is 9.47 Å². The van der Waals surface area contributed by atoms with Crippen molar-refractivity contribution in [3.63, 3.8) is 0 Å². The van der Waals surface area contributed by atoms with E-state index in [1.54, 1.807) is 49.4 Å². The highest BCUT2D eigenvalue weighted by atomic mass is 16.5. The van der Waals surface area contributed by atoms with E-state index >= 15 is 0 Å². The lowest BCUT2D eigenvalue weighted by Gasteiger charge is -2.32. The number of urea groups is 1. The molecule has 0 aromatic heterocycles. The van der Waals surface area contributed by atoms with Gasteiger partial charge in [0.05, 0.1) is 25.6 Å². The van der Waals surface area contributed by atoms with Gasteiger partial charge in [-0.1, -0.05) is 24.8 Å². The Kier molecular flexibility index (Phi) is 5.54. The van der Waals surface area contributed by atoms with E-state index < -0.39 is 23.8 Å². The topological polar surface area (TPSA) is 97.0 Å². The van der Waals surface area contributed by atoms with Crippen LogP contribution in [0.2, 0.25) is 0 Å². The average Bonchev–Trinajstić information content (AvgIpc) is 2.69. The van der Waals surface area contributed by atoms with Crippen LogP contribution in [0.1, 0.15) is 5.56 Å². The second kappa shape index (κ2) is 8.05. The summed E-state index contributed by atoms with van der Waals surface area (Å²) in [5.74, 6) is -1.69. The van der Waals surface area contributed by atoms with E-state index in [0.29, 0.717) is 22.9 Å². The molecule has 29 heavy (non-hydrogen) atoms. The van der Waals surface area contributed by atoms with E-state index in [9.17, 15) is 14.4 Å². The first-order valence-corrected chi connectivity index (χ1v) is 8.79. The van der Waals surface area contributed by atoms with Crippen LogP contribution in [-0.4, -0.2) is 32.1 Å². The number of nitrogens with zero attached hydrogens (tertiary/aromatic N) is 1. The zero-order valence-corrected chi connectivity index (χ0v) is 16.3. The SMILES string of the molecule is C=C(Nc1ccc(OC)cc1OC)[C@@H]1C(=O)NC(=O)N(c2ccccc2C)C1=O. The van der Waals surface area contributed by atoms with E-state index in [1.807, 2.05) is 0 Å². The third-order valence-electron chi connectivity index (χ3n) is 4.57.